The largest absolute Gasteiger partial charge is 0.465 e. The summed E-state index contributed by atoms with van der Waals surface area (Å²) in [5.41, 5.74) is 0.260. The summed E-state index contributed by atoms with van der Waals surface area (Å²) in [6.07, 6.45) is -0.199. The predicted octanol–water partition coefficient (Wildman–Crippen LogP) is 3.39. The highest BCUT2D eigenvalue weighted by atomic mass is 19.1. The summed E-state index contributed by atoms with van der Waals surface area (Å²) in [4.78, 5) is 15.5. The molecule has 24 heavy (non-hydrogen) atoms. The van der Waals surface area contributed by atoms with Crippen LogP contribution < -0.4 is 0 Å². The molecule has 0 amide bonds. The number of methoxy groups -OCH3 is 1. The fraction of sp³-hybridized carbons (Fsp3) is 0.118. The van der Waals surface area contributed by atoms with Crippen LogP contribution in [0, 0.1) is 11.6 Å². The Labute approximate surface area is 135 Å². The molecule has 0 bridgehead atoms. The number of hydrogen-bond donors (Lipinski definition) is 0. The zero-order chi connectivity index (χ0) is 17.1. The lowest BCUT2D eigenvalue weighted by molar-refractivity contribution is 0.0599. The second-order valence-electron chi connectivity index (χ2n) is 4.97. The molecular weight excluding hydrogens is 318 g/mol. The highest BCUT2D eigenvalue weighted by Gasteiger charge is 2.18. The SMILES string of the molecule is COC(=O)c1cc(F)c(Cc2noc(-c3ccccc3)n2)c(F)c1. The Kier molecular flexibility index (Phi) is 4.33. The first kappa shape index (κ1) is 15.8. The van der Waals surface area contributed by atoms with Crippen molar-refractivity contribution in [1.82, 2.24) is 10.1 Å². The van der Waals surface area contributed by atoms with E-state index in [0.717, 1.165) is 19.2 Å². The van der Waals surface area contributed by atoms with E-state index < -0.39 is 17.6 Å². The maximum absolute atomic E-state index is 14.1. The average Bonchev–Trinajstić information content (AvgIpc) is 3.06. The van der Waals surface area contributed by atoms with E-state index in [-0.39, 0.29) is 29.3 Å². The van der Waals surface area contributed by atoms with Gasteiger partial charge in [0.25, 0.3) is 5.89 Å². The molecule has 0 saturated heterocycles. The van der Waals surface area contributed by atoms with E-state index in [1.54, 1.807) is 12.1 Å². The first-order valence-electron chi connectivity index (χ1n) is 7.02. The lowest BCUT2D eigenvalue weighted by Crippen LogP contribution is -2.06. The van der Waals surface area contributed by atoms with Crippen molar-refractivity contribution in [2.75, 3.05) is 7.11 Å². The van der Waals surface area contributed by atoms with E-state index in [4.69, 9.17) is 4.52 Å². The number of hydrogen-bond acceptors (Lipinski definition) is 5. The van der Waals surface area contributed by atoms with Crippen LogP contribution in [0.4, 0.5) is 8.78 Å². The van der Waals surface area contributed by atoms with Crippen molar-refractivity contribution < 1.29 is 22.8 Å². The van der Waals surface area contributed by atoms with E-state index in [2.05, 4.69) is 14.9 Å². The van der Waals surface area contributed by atoms with Crippen LogP contribution in [-0.4, -0.2) is 23.2 Å². The molecule has 7 heteroatoms. The minimum absolute atomic E-state index is 0.137. The minimum Gasteiger partial charge on any atom is -0.465 e. The normalized spacial score (nSPS) is 10.6. The van der Waals surface area contributed by atoms with Crippen molar-refractivity contribution in [3.05, 3.63) is 71.1 Å². The van der Waals surface area contributed by atoms with Crippen molar-refractivity contribution in [1.29, 1.82) is 0 Å². The third-order valence-electron chi connectivity index (χ3n) is 3.39. The maximum atomic E-state index is 14.1. The van der Waals surface area contributed by atoms with Crippen molar-refractivity contribution in [3.8, 4) is 11.5 Å². The molecule has 2 aromatic carbocycles. The Hall–Kier alpha value is -3.09. The smallest absolute Gasteiger partial charge is 0.338 e. The number of rotatable bonds is 4. The first-order valence-corrected chi connectivity index (χ1v) is 7.02. The quantitative estimate of drug-likeness (QED) is 0.686. The minimum atomic E-state index is -0.874. The molecule has 0 aliphatic rings. The first-order chi connectivity index (χ1) is 11.6. The van der Waals surface area contributed by atoms with Gasteiger partial charge in [-0.3, -0.25) is 0 Å². The third kappa shape index (κ3) is 3.15. The fourth-order valence-electron chi connectivity index (χ4n) is 2.19. The Bertz CT molecular complexity index is 856. The Morgan fingerprint density at radius 3 is 2.46 bits per heavy atom. The number of nitrogens with zero attached hydrogens (tertiary/aromatic N) is 2. The highest BCUT2D eigenvalue weighted by Crippen LogP contribution is 2.21. The second kappa shape index (κ2) is 6.57. The van der Waals surface area contributed by atoms with Gasteiger partial charge in [-0.1, -0.05) is 23.4 Å². The molecule has 0 aliphatic heterocycles. The molecule has 0 atom stereocenters. The number of ether oxygens (including phenoxy) is 1. The fourth-order valence-corrected chi connectivity index (χ4v) is 2.19. The molecule has 0 saturated carbocycles. The molecule has 1 heterocycles. The number of aromatic nitrogens is 2. The van der Waals surface area contributed by atoms with Crippen LogP contribution in [0.25, 0.3) is 11.5 Å². The molecule has 122 valence electrons. The standard InChI is InChI=1S/C17H12F2N2O3/c1-23-17(22)11-7-13(18)12(14(19)8-11)9-15-20-16(24-21-15)10-5-3-2-4-6-10/h2-8H,9H2,1H3. The number of carbonyl (C=O) groups is 1. The molecule has 0 fully saturated rings. The van der Waals surface area contributed by atoms with Crippen molar-refractivity contribution >= 4 is 5.97 Å². The molecule has 0 aliphatic carbocycles. The van der Waals surface area contributed by atoms with E-state index >= 15 is 0 Å². The molecule has 0 spiro atoms. The summed E-state index contributed by atoms with van der Waals surface area (Å²) in [7, 11) is 1.14. The number of benzene rings is 2. The molecule has 3 rings (SSSR count). The number of halogens is 2. The van der Waals surface area contributed by atoms with Crippen LogP contribution in [0.3, 0.4) is 0 Å². The Morgan fingerprint density at radius 1 is 1.17 bits per heavy atom. The lowest BCUT2D eigenvalue weighted by atomic mass is 10.1. The summed E-state index contributed by atoms with van der Waals surface area (Å²) in [6.45, 7) is 0. The zero-order valence-corrected chi connectivity index (χ0v) is 12.6. The molecule has 5 nitrogen and oxygen atoms in total. The lowest BCUT2D eigenvalue weighted by Gasteiger charge is -2.05. The van der Waals surface area contributed by atoms with Gasteiger partial charge in [-0.25, -0.2) is 13.6 Å². The molecule has 0 unspecified atom stereocenters. The van der Waals surface area contributed by atoms with Crippen LogP contribution in [0.5, 0.6) is 0 Å². The van der Waals surface area contributed by atoms with Crippen LogP contribution >= 0.6 is 0 Å². The van der Waals surface area contributed by atoms with Gasteiger partial charge in [-0.2, -0.15) is 4.98 Å². The van der Waals surface area contributed by atoms with Gasteiger partial charge in [0.2, 0.25) is 0 Å². The summed E-state index contributed by atoms with van der Waals surface area (Å²) in [5, 5.41) is 3.73. The van der Waals surface area contributed by atoms with Gasteiger partial charge in [-0.15, -0.1) is 0 Å². The summed E-state index contributed by atoms with van der Waals surface area (Å²) < 4.78 is 37.7. The van der Waals surface area contributed by atoms with Crippen LogP contribution in [0.15, 0.2) is 47.0 Å². The topological polar surface area (TPSA) is 65.2 Å². The van der Waals surface area contributed by atoms with Crippen LogP contribution in [-0.2, 0) is 11.2 Å². The molecule has 0 N–H and O–H groups in total. The van der Waals surface area contributed by atoms with Crippen molar-refractivity contribution in [3.63, 3.8) is 0 Å². The van der Waals surface area contributed by atoms with Gasteiger partial charge in [0.05, 0.1) is 12.7 Å². The van der Waals surface area contributed by atoms with E-state index in [1.807, 2.05) is 18.2 Å². The molecule has 1 aromatic heterocycles. The molecule has 0 radical (unpaired) electrons. The highest BCUT2D eigenvalue weighted by molar-refractivity contribution is 5.89. The van der Waals surface area contributed by atoms with Crippen LogP contribution in [0.1, 0.15) is 21.7 Å². The van der Waals surface area contributed by atoms with Gasteiger partial charge in [0.15, 0.2) is 5.82 Å². The average molecular weight is 330 g/mol. The molecular formula is C17H12F2N2O3. The Morgan fingerprint density at radius 2 is 1.83 bits per heavy atom. The zero-order valence-electron chi connectivity index (χ0n) is 12.6. The van der Waals surface area contributed by atoms with E-state index in [1.165, 1.54) is 0 Å². The molecule has 3 aromatic rings. The van der Waals surface area contributed by atoms with Crippen LogP contribution in [0.2, 0.25) is 0 Å². The van der Waals surface area contributed by atoms with Gasteiger partial charge < -0.3 is 9.26 Å². The number of esters is 1. The van der Waals surface area contributed by atoms with Gasteiger partial charge in [0.1, 0.15) is 11.6 Å². The van der Waals surface area contributed by atoms with Gasteiger partial charge >= 0.3 is 5.97 Å². The predicted molar refractivity (Wildman–Crippen MR) is 80.2 cm³/mol. The second-order valence-corrected chi connectivity index (χ2v) is 4.97. The number of carbonyl (C=O) groups excluding carboxylic acids is 1. The third-order valence-corrected chi connectivity index (χ3v) is 3.39. The maximum Gasteiger partial charge on any atom is 0.338 e. The Balaban J connectivity index is 1.87. The summed E-state index contributed by atoms with van der Waals surface area (Å²) in [5.74, 6) is -2.16. The monoisotopic (exact) mass is 330 g/mol. The van der Waals surface area contributed by atoms with Crippen molar-refractivity contribution in [2.45, 2.75) is 6.42 Å². The summed E-state index contributed by atoms with van der Waals surface area (Å²) >= 11 is 0. The van der Waals surface area contributed by atoms with Gasteiger partial charge in [0, 0.05) is 17.5 Å². The van der Waals surface area contributed by atoms with E-state index in [0.29, 0.717) is 5.56 Å². The van der Waals surface area contributed by atoms with E-state index in [9.17, 15) is 13.6 Å². The van der Waals surface area contributed by atoms with Crippen molar-refractivity contribution in [2.24, 2.45) is 0 Å². The van der Waals surface area contributed by atoms with Gasteiger partial charge in [-0.05, 0) is 24.3 Å². The summed E-state index contributed by atoms with van der Waals surface area (Å²) in [6, 6.07) is 10.9.